The Kier molecular flexibility index (Phi) is 4.20. The van der Waals surface area contributed by atoms with Gasteiger partial charge in [-0.25, -0.2) is 0 Å². The van der Waals surface area contributed by atoms with Gasteiger partial charge in [-0.3, -0.25) is 4.79 Å². The van der Waals surface area contributed by atoms with Crippen LogP contribution < -0.4 is 11.1 Å². The van der Waals surface area contributed by atoms with Crippen LogP contribution in [0.3, 0.4) is 0 Å². The number of hydrogen-bond acceptors (Lipinski definition) is 2. The fraction of sp³-hybridized carbons (Fsp3) is 0. The number of carbonyl (C=O) groups excluding carboxylic acids is 1. The summed E-state index contributed by atoms with van der Waals surface area (Å²) in [5.74, 6) is -0.306. The molecule has 19 heavy (non-hydrogen) atoms. The van der Waals surface area contributed by atoms with Crippen molar-refractivity contribution < 1.29 is 4.79 Å². The maximum atomic E-state index is 12.0. The highest BCUT2D eigenvalue weighted by molar-refractivity contribution is 6.37. The molecular weight excluding hydrogens is 307 g/mol. The quantitative estimate of drug-likeness (QED) is 0.803. The van der Waals surface area contributed by atoms with E-state index in [1.807, 2.05) is 0 Å². The van der Waals surface area contributed by atoms with E-state index in [2.05, 4.69) is 5.32 Å². The average molecular weight is 316 g/mol. The van der Waals surface area contributed by atoms with E-state index in [1.165, 1.54) is 12.1 Å². The molecule has 2 aromatic carbocycles. The first-order valence-corrected chi connectivity index (χ1v) is 6.42. The fourth-order valence-electron chi connectivity index (χ4n) is 1.45. The minimum Gasteiger partial charge on any atom is -0.397 e. The Balaban J connectivity index is 2.24. The highest BCUT2D eigenvalue weighted by Gasteiger charge is 2.10. The van der Waals surface area contributed by atoms with Crippen LogP contribution in [0.1, 0.15) is 10.4 Å². The molecule has 0 aliphatic rings. The predicted molar refractivity (Wildman–Crippen MR) is 80.3 cm³/mol. The monoisotopic (exact) mass is 314 g/mol. The second-order valence-corrected chi connectivity index (χ2v) is 5.07. The van der Waals surface area contributed by atoms with Crippen molar-refractivity contribution in [3.05, 3.63) is 57.0 Å². The molecule has 98 valence electrons. The number of hydrogen-bond donors (Lipinski definition) is 2. The Morgan fingerprint density at radius 1 is 1.00 bits per heavy atom. The van der Waals surface area contributed by atoms with Crippen molar-refractivity contribution in [3.63, 3.8) is 0 Å². The van der Waals surface area contributed by atoms with Gasteiger partial charge >= 0.3 is 0 Å². The molecule has 0 bridgehead atoms. The number of rotatable bonds is 2. The van der Waals surface area contributed by atoms with Crippen molar-refractivity contribution in [3.8, 4) is 0 Å². The summed E-state index contributed by atoms with van der Waals surface area (Å²) in [4.78, 5) is 12.0. The number of benzene rings is 2. The molecule has 0 atom stereocenters. The van der Waals surface area contributed by atoms with Crippen LogP contribution in [0, 0.1) is 0 Å². The molecular formula is C13H9Cl3N2O. The number of nitrogens with one attached hydrogen (secondary N) is 1. The summed E-state index contributed by atoms with van der Waals surface area (Å²) in [5.41, 5.74) is 6.83. The van der Waals surface area contributed by atoms with Crippen LogP contribution in [-0.2, 0) is 0 Å². The number of halogens is 3. The summed E-state index contributed by atoms with van der Waals surface area (Å²) in [5, 5.41) is 3.87. The second kappa shape index (κ2) is 5.70. The molecule has 2 rings (SSSR count). The summed E-state index contributed by atoms with van der Waals surface area (Å²) in [6, 6.07) is 9.49. The van der Waals surface area contributed by atoms with E-state index in [-0.39, 0.29) is 5.91 Å². The van der Waals surface area contributed by atoms with E-state index >= 15 is 0 Å². The van der Waals surface area contributed by atoms with Crippen molar-refractivity contribution in [2.24, 2.45) is 0 Å². The molecule has 2 aromatic rings. The number of nitrogen functional groups attached to an aromatic ring is 1. The Morgan fingerprint density at radius 2 is 1.63 bits per heavy atom. The Hall–Kier alpha value is -1.42. The van der Waals surface area contributed by atoms with Crippen LogP contribution >= 0.6 is 34.8 Å². The largest absolute Gasteiger partial charge is 0.397 e. The third-order valence-electron chi connectivity index (χ3n) is 2.44. The Bertz CT molecular complexity index is 627. The van der Waals surface area contributed by atoms with Gasteiger partial charge in [-0.15, -0.1) is 0 Å². The van der Waals surface area contributed by atoms with Crippen LogP contribution in [0.15, 0.2) is 36.4 Å². The molecule has 3 nitrogen and oxygen atoms in total. The van der Waals surface area contributed by atoms with E-state index in [0.717, 1.165) is 0 Å². The normalized spacial score (nSPS) is 10.3. The lowest BCUT2D eigenvalue weighted by Crippen LogP contribution is -2.12. The van der Waals surface area contributed by atoms with Gasteiger partial charge in [0.2, 0.25) is 0 Å². The summed E-state index contributed by atoms with van der Waals surface area (Å²) in [6.07, 6.45) is 0. The number of carbonyl (C=O) groups is 1. The standard InChI is InChI=1S/C13H9Cl3N2O/c14-8-3-1-7(2-4-8)13(19)18-12-6-9(15)11(17)5-10(12)16/h1-6H,17H2,(H,18,19). The van der Waals surface area contributed by atoms with Gasteiger partial charge in [-0.1, -0.05) is 34.8 Å². The third-order valence-corrected chi connectivity index (χ3v) is 3.33. The number of amides is 1. The molecule has 0 heterocycles. The number of anilines is 2. The smallest absolute Gasteiger partial charge is 0.255 e. The van der Waals surface area contributed by atoms with Crippen LogP contribution in [-0.4, -0.2) is 5.91 Å². The highest BCUT2D eigenvalue weighted by Crippen LogP contribution is 2.31. The Morgan fingerprint density at radius 3 is 2.26 bits per heavy atom. The van der Waals surface area contributed by atoms with Gasteiger partial charge in [0.25, 0.3) is 5.91 Å². The summed E-state index contributed by atoms with van der Waals surface area (Å²) in [7, 11) is 0. The van der Waals surface area contributed by atoms with E-state index in [9.17, 15) is 4.79 Å². The van der Waals surface area contributed by atoms with E-state index in [1.54, 1.807) is 24.3 Å². The lowest BCUT2D eigenvalue weighted by molar-refractivity contribution is 0.102. The van der Waals surface area contributed by atoms with Gasteiger partial charge in [0.15, 0.2) is 0 Å². The molecule has 0 saturated heterocycles. The molecule has 6 heteroatoms. The van der Waals surface area contributed by atoms with Crippen LogP contribution in [0.25, 0.3) is 0 Å². The van der Waals surface area contributed by atoms with E-state index in [0.29, 0.717) is 32.0 Å². The molecule has 0 unspecified atom stereocenters. The van der Waals surface area contributed by atoms with Crippen molar-refractivity contribution in [1.82, 2.24) is 0 Å². The minimum atomic E-state index is -0.306. The fourth-order valence-corrected chi connectivity index (χ4v) is 1.96. The van der Waals surface area contributed by atoms with Crippen molar-refractivity contribution in [2.45, 2.75) is 0 Å². The topological polar surface area (TPSA) is 55.1 Å². The summed E-state index contributed by atoms with van der Waals surface area (Å²) in [6.45, 7) is 0. The van der Waals surface area contributed by atoms with Gasteiger partial charge in [0.05, 0.1) is 21.4 Å². The van der Waals surface area contributed by atoms with Crippen molar-refractivity contribution >= 4 is 52.1 Å². The molecule has 3 N–H and O–H groups in total. The minimum absolute atomic E-state index is 0.306. The zero-order chi connectivity index (χ0) is 14.0. The maximum absolute atomic E-state index is 12.0. The number of nitrogens with two attached hydrogens (primary N) is 1. The maximum Gasteiger partial charge on any atom is 0.255 e. The summed E-state index contributed by atoms with van der Waals surface area (Å²) < 4.78 is 0. The lowest BCUT2D eigenvalue weighted by atomic mass is 10.2. The molecule has 0 radical (unpaired) electrons. The Labute approximate surface area is 125 Å². The molecule has 0 aliphatic heterocycles. The molecule has 0 aromatic heterocycles. The first kappa shape index (κ1) is 14.0. The summed E-state index contributed by atoms with van der Waals surface area (Å²) >= 11 is 17.6. The first-order chi connectivity index (χ1) is 8.97. The SMILES string of the molecule is Nc1cc(Cl)c(NC(=O)c2ccc(Cl)cc2)cc1Cl. The van der Waals surface area contributed by atoms with E-state index < -0.39 is 0 Å². The second-order valence-electron chi connectivity index (χ2n) is 3.81. The average Bonchev–Trinajstić information content (AvgIpc) is 2.36. The molecule has 0 fully saturated rings. The van der Waals surface area contributed by atoms with Gasteiger partial charge in [0.1, 0.15) is 0 Å². The van der Waals surface area contributed by atoms with Gasteiger partial charge < -0.3 is 11.1 Å². The molecule has 0 saturated carbocycles. The van der Waals surface area contributed by atoms with Crippen LogP contribution in [0.2, 0.25) is 15.1 Å². The zero-order valence-electron chi connectivity index (χ0n) is 9.58. The van der Waals surface area contributed by atoms with Crippen molar-refractivity contribution in [1.29, 1.82) is 0 Å². The lowest BCUT2D eigenvalue weighted by Gasteiger charge is -2.09. The predicted octanol–water partition coefficient (Wildman–Crippen LogP) is 4.48. The van der Waals surface area contributed by atoms with E-state index in [4.69, 9.17) is 40.5 Å². The molecule has 0 spiro atoms. The first-order valence-electron chi connectivity index (χ1n) is 5.29. The van der Waals surface area contributed by atoms with Crippen molar-refractivity contribution in [2.75, 3.05) is 11.1 Å². The zero-order valence-corrected chi connectivity index (χ0v) is 11.9. The van der Waals surface area contributed by atoms with Gasteiger partial charge in [-0.2, -0.15) is 0 Å². The van der Waals surface area contributed by atoms with Crippen LogP contribution in [0.5, 0.6) is 0 Å². The van der Waals surface area contributed by atoms with Gasteiger partial charge in [0, 0.05) is 10.6 Å². The van der Waals surface area contributed by atoms with Crippen LogP contribution in [0.4, 0.5) is 11.4 Å². The van der Waals surface area contributed by atoms with Gasteiger partial charge in [-0.05, 0) is 36.4 Å². The molecule has 0 aliphatic carbocycles. The third kappa shape index (κ3) is 3.32. The highest BCUT2D eigenvalue weighted by atomic mass is 35.5. The molecule has 1 amide bonds.